The van der Waals surface area contributed by atoms with Crippen LogP contribution in [-0.2, 0) is 4.74 Å². The first-order valence-corrected chi connectivity index (χ1v) is 6.15. The summed E-state index contributed by atoms with van der Waals surface area (Å²) in [5.74, 6) is -0.830. The van der Waals surface area contributed by atoms with Crippen molar-refractivity contribution in [2.24, 2.45) is 0 Å². The van der Waals surface area contributed by atoms with Gasteiger partial charge in [0.25, 0.3) is 6.43 Å². The van der Waals surface area contributed by atoms with E-state index in [4.69, 9.17) is 0 Å². The Morgan fingerprint density at radius 2 is 2.31 bits per heavy atom. The number of ether oxygens (including phenoxy) is 1. The number of aromatic nitrogens is 1. The molecule has 0 aliphatic rings. The van der Waals surface area contributed by atoms with Crippen molar-refractivity contribution < 1.29 is 18.3 Å². The number of esters is 1. The van der Waals surface area contributed by atoms with Crippen LogP contribution in [0, 0.1) is 3.57 Å². The summed E-state index contributed by atoms with van der Waals surface area (Å²) in [5, 5.41) is 0. The molecule has 0 atom stereocenters. The van der Waals surface area contributed by atoms with Gasteiger partial charge < -0.3 is 4.74 Å². The first-order valence-electron chi connectivity index (χ1n) is 4.28. The van der Waals surface area contributed by atoms with Gasteiger partial charge in [0, 0.05) is 14.2 Å². The van der Waals surface area contributed by atoms with Gasteiger partial charge in [-0.05, 0) is 45.4 Å². The van der Waals surface area contributed by atoms with Crippen LogP contribution in [0.4, 0.5) is 8.78 Å². The fourth-order valence-corrected chi connectivity index (χ4v) is 1.99. The van der Waals surface area contributed by atoms with Gasteiger partial charge in [0.15, 0.2) is 5.69 Å². The molecule has 3 nitrogen and oxygen atoms in total. The molecule has 88 valence electrons. The second kappa shape index (κ2) is 5.85. The van der Waals surface area contributed by atoms with Crippen molar-refractivity contribution in [1.29, 1.82) is 0 Å². The Labute approximate surface area is 113 Å². The van der Waals surface area contributed by atoms with Gasteiger partial charge in [-0.1, -0.05) is 0 Å². The summed E-state index contributed by atoms with van der Waals surface area (Å²) in [4.78, 5) is 15.1. The molecule has 0 N–H and O–H groups in total. The van der Waals surface area contributed by atoms with Crippen LogP contribution in [0.3, 0.4) is 0 Å². The van der Waals surface area contributed by atoms with Crippen molar-refractivity contribution in [2.45, 2.75) is 13.3 Å². The molecule has 0 aliphatic heterocycles. The Bertz CT molecular complexity index is 415. The van der Waals surface area contributed by atoms with Gasteiger partial charge in [-0.2, -0.15) is 0 Å². The van der Waals surface area contributed by atoms with E-state index in [0.717, 1.165) is 0 Å². The lowest BCUT2D eigenvalue weighted by Gasteiger charge is -2.10. The van der Waals surface area contributed by atoms with E-state index < -0.39 is 18.0 Å². The third-order valence-electron chi connectivity index (χ3n) is 1.70. The Balaban J connectivity index is 3.28. The van der Waals surface area contributed by atoms with Crippen LogP contribution in [0.1, 0.15) is 29.4 Å². The molecular formula is C9H7BrF2INO2. The maximum atomic E-state index is 12.8. The highest BCUT2D eigenvalue weighted by atomic mass is 127. The van der Waals surface area contributed by atoms with Crippen molar-refractivity contribution in [1.82, 2.24) is 4.98 Å². The maximum Gasteiger partial charge on any atom is 0.357 e. The average Bonchev–Trinajstić information content (AvgIpc) is 2.21. The molecular weight excluding hydrogens is 399 g/mol. The Hall–Kier alpha value is -0.310. The first kappa shape index (κ1) is 13.8. The summed E-state index contributed by atoms with van der Waals surface area (Å²) in [6, 6.07) is 0. The smallest absolute Gasteiger partial charge is 0.357 e. The predicted molar refractivity (Wildman–Crippen MR) is 65.6 cm³/mol. The lowest BCUT2D eigenvalue weighted by atomic mass is 10.2. The molecule has 1 heterocycles. The number of pyridine rings is 1. The lowest BCUT2D eigenvalue weighted by Crippen LogP contribution is -2.12. The van der Waals surface area contributed by atoms with Gasteiger partial charge in [0.2, 0.25) is 0 Å². The molecule has 0 bridgehead atoms. The van der Waals surface area contributed by atoms with Crippen LogP contribution in [0.25, 0.3) is 0 Å². The molecule has 7 heteroatoms. The van der Waals surface area contributed by atoms with E-state index in [1.807, 2.05) is 0 Å². The van der Waals surface area contributed by atoms with Gasteiger partial charge in [-0.25, -0.2) is 18.6 Å². The highest BCUT2D eigenvalue weighted by Crippen LogP contribution is 2.31. The van der Waals surface area contributed by atoms with Crippen molar-refractivity contribution in [3.05, 3.63) is 25.5 Å². The van der Waals surface area contributed by atoms with Crippen LogP contribution in [0.5, 0.6) is 0 Å². The van der Waals surface area contributed by atoms with E-state index in [0.29, 0.717) is 4.47 Å². The van der Waals surface area contributed by atoms with Crippen LogP contribution < -0.4 is 0 Å². The minimum absolute atomic E-state index is 0.121. The standard InChI is InChI=1S/C9H7BrF2INO2/c1-2-16-9(15)7-5(8(11)12)6(13)4(10)3-14-7/h3,8H,2H2,1H3. The van der Waals surface area contributed by atoms with Crippen LogP contribution >= 0.6 is 38.5 Å². The quantitative estimate of drug-likeness (QED) is 0.570. The SMILES string of the molecule is CCOC(=O)c1ncc(Br)c(I)c1C(F)F. The van der Waals surface area contributed by atoms with Gasteiger partial charge in [-0.15, -0.1) is 0 Å². The summed E-state index contributed by atoms with van der Waals surface area (Å²) < 4.78 is 30.9. The third kappa shape index (κ3) is 2.88. The van der Waals surface area contributed by atoms with E-state index >= 15 is 0 Å². The Morgan fingerprint density at radius 3 is 2.81 bits per heavy atom. The number of rotatable bonds is 3. The van der Waals surface area contributed by atoms with E-state index in [1.165, 1.54) is 6.20 Å². The summed E-state index contributed by atoms with van der Waals surface area (Å²) >= 11 is 4.81. The molecule has 0 fully saturated rings. The molecule has 16 heavy (non-hydrogen) atoms. The zero-order valence-electron chi connectivity index (χ0n) is 8.14. The topological polar surface area (TPSA) is 39.2 Å². The molecule has 0 radical (unpaired) electrons. The molecule has 0 unspecified atom stereocenters. The van der Waals surface area contributed by atoms with Crippen molar-refractivity contribution in [3.8, 4) is 0 Å². The van der Waals surface area contributed by atoms with E-state index in [2.05, 4.69) is 25.7 Å². The van der Waals surface area contributed by atoms with Gasteiger partial charge >= 0.3 is 5.97 Å². The number of halogens is 4. The van der Waals surface area contributed by atoms with E-state index in [1.54, 1.807) is 29.5 Å². The fraction of sp³-hybridized carbons (Fsp3) is 0.333. The number of hydrogen-bond acceptors (Lipinski definition) is 3. The third-order valence-corrected chi connectivity index (χ3v) is 4.20. The Morgan fingerprint density at radius 1 is 1.69 bits per heavy atom. The average molecular weight is 406 g/mol. The predicted octanol–water partition coefficient (Wildman–Crippen LogP) is 3.56. The van der Waals surface area contributed by atoms with Gasteiger partial charge in [0.1, 0.15) is 0 Å². The second-order valence-electron chi connectivity index (χ2n) is 2.70. The Kier molecular flexibility index (Phi) is 5.03. The zero-order valence-corrected chi connectivity index (χ0v) is 11.9. The van der Waals surface area contributed by atoms with Crippen molar-refractivity contribution in [3.63, 3.8) is 0 Å². The van der Waals surface area contributed by atoms with Crippen molar-refractivity contribution in [2.75, 3.05) is 6.61 Å². The van der Waals surface area contributed by atoms with Crippen LogP contribution in [0.15, 0.2) is 10.7 Å². The maximum absolute atomic E-state index is 12.8. The number of nitrogens with zero attached hydrogens (tertiary/aromatic N) is 1. The fourth-order valence-electron chi connectivity index (χ4n) is 1.04. The molecule has 0 amide bonds. The number of hydrogen-bond donors (Lipinski definition) is 0. The van der Waals surface area contributed by atoms with Crippen LogP contribution in [0.2, 0.25) is 0 Å². The molecule has 0 aromatic carbocycles. The molecule has 1 rings (SSSR count). The number of carbonyl (C=O) groups is 1. The molecule has 1 aromatic heterocycles. The summed E-state index contributed by atoms with van der Waals surface area (Å²) in [5.41, 5.74) is -0.724. The van der Waals surface area contributed by atoms with Gasteiger partial charge in [0.05, 0.1) is 12.2 Å². The molecule has 0 saturated carbocycles. The van der Waals surface area contributed by atoms with E-state index in [9.17, 15) is 13.6 Å². The van der Waals surface area contributed by atoms with Crippen molar-refractivity contribution >= 4 is 44.5 Å². The lowest BCUT2D eigenvalue weighted by molar-refractivity contribution is 0.0507. The summed E-state index contributed by atoms with van der Waals surface area (Å²) in [7, 11) is 0. The minimum atomic E-state index is -2.77. The highest BCUT2D eigenvalue weighted by Gasteiger charge is 2.25. The molecule has 0 aliphatic carbocycles. The largest absolute Gasteiger partial charge is 0.461 e. The second-order valence-corrected chi connectivity index (χ2v) is 4.64. The van der Waals surface area contributed by atoms with Crippen LogP contribution in [-0.4, -0.2) is 17.6 Å². The highest BCUT2D eigenvalue weighted by molar-refractivity contribution is 14.1. The summed E-state index contributed by atoms with van der Waals surface area (Å²) in [6.07, 6.45) is -1.46. The zero-order chi connectivity index (χ0) is 12.3. The number of carbonyl (C=O) groups excluding carboxylic acids is 1. The summed E-state index contributed by atoms with van der Waals surface area (Å²) in [6.45, 7) is 1.72. The molecule has 0 saturated heterocycles. The molecule has 0 spiro atoms. The molecule has 1 aromatic rings. The monoisotopic (exact) mass is 405 g/mol. The first-order chi connectivity index (χ1) is 7.49. The van der Waals surface area contributed by atoms with E-state index in [-0.39, 0.29) is 15.9 Å². The van der Waals surface area contributed by atoms with Gasteiger partial charge in [-0.3, -0.25) is 0 Å². The minimum Gasteiger partial charge on any atom is -0.461 e. The normalized spacial score (nSPS) is 10.6. The number of alkyl halides is 2.